The predicted octanol–water partition coefficient (Wildman–Crippen LogP) is 3.45. The van der Waals surface area contributed by atoms with Gasteiger partial charge in [-0.05, 0) is 112 Å². The summed E-state index contributed by atoms with van der Waals surface area (Å²) in [4.78, 5) is 89.6. The topological polar surface area (TPSA) is 241 Å². The molecule has 0 spiro atoms. The first-order chi connectivity index (χ1) is 34.3. The molecule has 6 fully saturated rings. The minimum absolute atomic E-state index is 0.0608. The van der Waals surface area contributed by atoms with E-state index in [4.69, 9.17) is 21.9 Å². The van der Waals surface area contributed by atoms with Gasteiger partial charge >= 0.3 is 0 Å². The first-order valence-electron chi connectivity index (χ1n) is 25.3. The first-order valence-corrected chi connectivity index (χ1v) is 25.3. The molecule has 18 nitrogen and oxygen atoms in total. The van der Waals surface area contributed by atoms with Crippen molar-refractivity contribution in [3.05, 3.63) is 101 Å². The van der Waals surface area contributed by atoms with Crippen molar-refractivity contribution < 1.29 is 38.6 Å². The Morgan fingerprint density at radius 2 is 1.39 bits per heavy atom. The van der Waals surface area contributed by atoms with E-state index in [9.17, 15) is 33.9 Å². The lowest BCUT2D eigenvalue weighted by molar-refractivity contribution is -0.143. The Balaban J connectivity index is 0.650. The zero-order valence-electron chi connectivity index (χ0n) is 40.0. The molecular formula is C53H64N10O8. The maximum Gasteiger partial charge on any atom is 0.262 e. The molecule has 0 aromatic heterocycles. The van der Waals surface area contributed by atoms with E-state index < -0.39 is 29.7 Å². The standard InChI is InChI=1S/C53H64N10O8/c54-43(41-6-1-2-7-46(41)64)29-45(49(55)56)61-30-36-10-11-37(31-61)62(36)35-4-3-5-39(27-35)71-38-13-8-32(9-14-38)26-48(66)59-22-24-60(25-23-59)51(68)33-18-20-58(21-19-33)34-12-15-40-42(28-34)53(70)63(52(40)69)44-16-17-47(65)57-50(44)67/h1-7,12,15,27-29,32-33,36-38,44,64H,8-11,13-14,16-26,30-31,54-56H2,(H,57,65,67)/b43-29-. The van der Waals surface area contributed by atoms with Crippen molar-refractivity contribution in [3.8, 4) is 11.5 Å². The average Bonchev–Trinajstić information content (AvgIpc) is 3.79. The van der Waals surface area contributed by atoms with E-state index >= 15 is 0 Å². The van der Waals surface area contributed by atoms with Gasteiger partial charge in [-0.15, -0.1) is 0 Å². The molecule has 7 aliphatic rings. The van der Waals surface area contributed by atoms with Crippen LogP contribution < -0.4 is 37.1 Å². The molecule has 8 N–H and O–H groups in total. The van der Waals surface area contributed by atoms with Gasteiger partial charge in [0.1, 0.15) is 23.4 Å². The number of allylic oxidation sites excluding steroid dienone is 1. The average molecular weight is 969 g/mol. The molecule has 3 aromatic rings. The third-order valence-corrected chi connectivity index (χ3v) is 15.9. The zero-order chi connectivity index (χ0) is 49.5. The van der Waals surface area contributed by atoms with Gasteiger partial charge in [-0.25, -0.2) is 0 Å². The number of anilines is 2. The molecule has 5 saturated heterocycles. The Hall–Kier alpha value is -7.24. The quantitative estimate of drug-likeness (QED) is 0.137. The highest BCUT2D eigenvalue weighted by molar-refractivity contribution is 6.23. The minimum Gasteiger partial charge on any atom is -0.507 e. The van der Waals surface area contributed by atoms with Gasteiger partial charge in [-0.1, -0.05) is 18.2 Å². The molecule has 3 aromatic carbocycles. The fraction of sp³-hybridized carbons (Fsp3) is 0.472. The second-order valence-corrected chi connectivity index (χ2v) is 20.3. The number of fused-ring (bicyclic) bond motifs is 3. The van der Waals surface area contributed by atoms with Gasteiger partial charge in [0.2, 0.25) is 23.6 Å². The molecule has 0 radical (unpaired) electrons. The van der Waals surface area contributed by atoms with Crippen LogP contribution in [0.15, 0.2) is 84.3 Å². The van der Waals surface area contributed by atoms with E-state index in [0.29, 0.717) is 81.4 Å². The van der Waals surface area contributed by atoms with Gasteiger partial charge in [0.05, 0.1) is 22.9 Å². The summed E-state index contributed by atoms with van der Waals surface area (Å²) in [5, 5.41) is 12.6. The monoisotopic (exact) mass is 968 g/mol. The van der Waals surface area contributed by atoms with Crippen LogP contribution in [0.25, 0.3) is 5.70 Å². The van der Waals surface area contributed by atoms with Crippen LogP contribution in [0.3, 0.4) is 0 Å². The van der Waals surface area contributed by atoms with Crippen LogP contribution in [-0.2, 0) is 19.2 Å². The normalized spacial score (nSPS) is 25.1. The number of piperazine rings is 2. The van der Waals surface area contributed by atoms with Crippen molar-refractivity contribution in [1.82, 2.24) is 24.9 Å². The van der Waals surface area contributed by atoms with Gasteiger partial charge in [0, 0.05) is 112 Å². The number of nitrogens with two attached hydrogens (primary N) is 3. The van der Waals surface area contributed by atoms with Crippen LogP contribution in [0.5, 0.6) is 11.5 Å². The lowest BCUT2D eigenvalue weighted by Gasteiger charge is -2.44. The van der Waals surface area contributed by atoms with Crippen LogP contribution >= 0.6 is 0 Å². The third-order valence-electron chi connectivity index (χ3n) is 15.9. The number of piperidine rings is 2. The second-order valence-electron chi connectivity index (χ2n) is 20.3. The molecule has 6 aliphatic heterocycles. The number of rotatable bonds is 11. The Bertz CT molecular complexity index is 2650. The first kappa shape index (κ1) is 47.4. The lowest BCUT2D eigenvalue weighted by atomic mass is 9.85. The van der Waals surface area contributed by atoms with E-state index in [0.717, 1.165) is 73.6 Å². The largest absolute Gasteiger partial charge is 0.507 e. The molecule has 6 amide bonds. The van der Waals surface area contributed by atoms with Crippen molar-refractivity contribution >= 4 is 52.5 Å². The highest BCUT2D eigenvalue weighted by atomic mass is 16.5. The zero-order valence-corrected chi connectivity index (χ0v) is 40.0. The molecule has 71 heavy (non-hydrogen) atoms. The molecule has 1 saturated carbocycles. The fourth-order valence-corrected chi connectivity index (χ4v) is 12.0. The Morgan fingerprint density at radius 1 is 0.704 bits per heavy atom. The number of nitrogens with zero attached hydrogens (tertiary/aromatic N) is 6. The number of carbonyl (C=O) groups is 6. The van der Waals surface area contributed by atoms with Crippen LogP contribution in [0.4, 0.5) is 11.4 Å². The summed E-state index contributed by atoms with van der Waals surface area (Å²) in [5.74, 6) is -0.572. The van der Waals surface area contributed by atoms with Gasteiger partial charge in [-0.2, -0.15) is 0 Å². The number of amides is 6. The molecule has 10 rings (SSSR count). The summed E-state index contributed by atoms with van der Waals surface area (Å²) in [6.45, 7) is 4.75. The Kier molecular flexibility index (Phi) is 13.3. The molecule has 18 heteroatoms. The number of nitrogens with one attached hydrogen (secondary N) is 1. The van der Waals surface area contributed by atoms with Crippen molar-refractivity contribution in [2.24, 2.45) is 29.0 Å². The number of phenols is 1. The van der Waals surface area contributed by atoms with Crippen LogP contribution in [0.2, 0.25) is 0 Å². The molecule has 2 bridgehead atoms. The lowest BCUT2D eigenvalue weighted by Crippen LogP contribution is -2.54. The number of phenolic OH excluding ortho intramolecular Hbond substituents is 1. The maximum absolute atomic E-state index is 13.7. The Labute approximate surface area is 413 Å². The number of aromatic hydroxyl groups is 1. The van der Waals surface area contributed by atoms with E-state index in [-0.39, 0.29) is 71.5 Å². The summed E-state index contributed by atoms with van der Waals surface area (Å²) in [6.07, 6.45) is 9.47. The Morgan fingerprint density at radius 3 is 2.08 bits per heavy atom. The number of carbonyl (C=O) groups excluding carboxylic acids is 6. The summed E-state index contributed by atoms with van der Waals surface area (Å²) in [6, 6.07) is 19.9. The molecular weight excluding hydrogens is 905 g/mol. The number of likely N-dealkylation sites (tertiary alicyclic amines) is 1. The van der Waals surface area contributed by atoms with Gasteiger partial charge in [-0.3, -0.25) is 39.0 Å². The minimum atomic E-state index is -1.02. The van der Waals surface area contributed by atoms with Crippen LogP contribution in [0, 0.1) is 11.8 Å². The highest BCUT2D eigenvalue weighted by Crippen LogP contribution is 2.39. The molecule has 374 valence electrons. The molecule has 3 atom stereocenters. The SMILES string of the molecule is NC(N)=C(/C=C(\N)c1ccccc1O)N1CC2CCC(C1)N2c1cccc(OC2CCC(CC(=O)N3CCN(C(=O)C4CCN(c5ccc6c(c5)C(=O)N(C5CCC(=O)NC5=O)C6=O)CC4)CC3)CC2)c1. The number of imide groups is 2. The van der Waals surface area contributed by atoms with Crippen molar-refractivity contribution in [3.63, 3.8) is 0 Å². The molecule has 6 heterocycles. The van der Waals surface area contributed by atoms with E-state index in [1.54, 1.807) is 42.5 Å². The number of hydrogen-bond acceptors (Lipinski definition) is 14. The number of ether oxygens (including phenoxy) is 1. The summed E-state index contributed by atoms with van der Waals surface area (Å²) in [5.41, 5.74) is 22.8. The van der Waals surface area contributed by atoms with Gasteiger partial charge in [0.25, 0.3) is 11.8 Å². The van der Waals surface area contributed by atoms with Gasteiger partial charge in [0.15, 0.2) is 0 Å². The fourth-order valence-electron chi connectivity index (χ4n) is 12.0. The number of para-hydroxylation sites is 1. The van der Waals surface area contributed by atoms with Gasteiger partial charge < -0.3 is 51.5 Å². The van der Waals surface area contributed by atoms with E-state index in [2.05, 4.69) is 38.2 Å². The smallest absolute Gasteiger partial charge is 0.262 e. The van der Waals surface area contributed by atoms with E-state index in [1.807, 2.05) is 21.9 Å². The van der Waals surface area contributed by atoms with Crippen molar-refractivity contribution in [2.75, 3.05) is 62.2 Å². The van der Waals surface area contributed by atoms with Crippen LogP contribution in [0.1, 0.15) is 96.9 Å². The number of benzene rings is 3. The summed E-state index contributed by atoms with van der Waals surface area (Å²) >= 11 is 0. The van der Waals surface area contributed by atoms with Crippen LogP contribution in [-0.4, -0.2) is 137 Å². The molecule has 1 aliphatic carbocycles. The molecule has 3 unspecified atom stereocenters. The third kappa shape index (κ3) is 9.67. The van der Waals surface area contributed by atoms with Crippen molar-refractivity contribution in [2.45, 2.75) is 94.9 Å². The summed E-state index contributed by atoms with van der Waals surface area (Å²) in [7, 11) is 0. The highest BCUT2D eigenvalue weighted by Gasteiger charge is 2.45. The maximum atomic E-state index is 13.7. The predicted molar refractivity (Wildman–Crippen MR) is 265 cm³/mol. The summed E-state index contributed by atoms with van der Waals surface area (Å²) < 4.78 is 6.60. The second kappa shape index (κ2) is 19.9. The number of hydrogen-bond donors (Lipinski definition) is 5. The van der Waals surface area contributed by atoms with E-state index in [1.165, 1.54) is 0 Å². The van der Waals surface area contributed by atoms with Crippen molar-refractivity contribution in [1.29, 1.82) is 0 Å².